The van der Waals surface area contributed by atoms with Crippen molar-refractivity contribution in [3.63, 3.8) is 0 Å². The van der Waals surface area contributed by atoms with Gasteiger partial charge in [-0.2, -0.15) is 0 Å². The summed E-state index contributed by atoms with van der Waals surface area (Å²) >= 11 is 0. The van der Waals surface area contributed by atoms with Gasteiger partial charge >= 0.3 is 0 Å². The van der Waals surface area contributed by atoms with Crippen LogP contribution in [0.25, 0.3) is 0 Å². The van der Waals surface area contributed by atoms with Crippen LogP contribution in [-0.4, -0.2) is 59.0 Å². The monoisotopic (exact) mass is 479 g/mol. The first kappa shape index (κ1) is 26.2. The van der Waals surface area contributed by atoms with Gasteiger partial charge in [0, 0.05) is 44.7 Å². The molecule has 0 fully saturated rings. The molecule has 3 aromatic rings. The molecule has 0 spiro atoms. The molecule has 0 aliphatic heterocycles. The SMILES string of the molecule is COCCCN(CC(=O)N(Cc1cccn1Cc1ccccc1)C(C)C)C(=O)c1ccccc1F. The van der Waals surface area contributed by atoms with Crippen LogP contribution in [0.5, 0.6) is 0 Å². The molecule has 6 nitrogen and oxygen atoms in total. The van der Waals surface area contributed by atoms with Crippen molar-refractivity contribution in [2.75, 3.05) is 26.8 Å². The maximum Gasteiger partial charge on any atom is 0.257 e. The fourth-order valence-corrected chi connectivity index (χ4v) is 3.97. The molecular formula is C28H34FN3O3. The van der Waals surface area contributed by atoms with Gasteiger partial charge in [-0.25, -0.2) is 4.39 Å². The zero-order chi connectivity index (χ0) is 25.2. The Morgan fingerprint density at radius 3 is 2.40 bits per heavy atom. The molecule has 0 atom stereocenters. The lowest BCUT2D eigenvalue weighted by Crippen LogP contribution is -2.46. The standard InChI is InChI=1S/C28H34FN3O3/c1-22(2)32(20-24-13-9-16-30(24)19-23-11-5-4-6-12-23)27(33)21-31(17-10-18-35-3)28(34)25-14-7-8-15-26(25)29/h4-9,11-16,22H,10,17-21H2,1-3H3. The molecule has 2 aromatic carbocycles. The van der Waals surface area contributed by atoms with E-state index in [4.69, 9.17) is 4.74 Å². The Balaban J connectivity index is 1.76. The molecule has 1 aromatic heterocycles. The second-order valence-corrected chi connectivity index (χ2v) is 8.78. The van der Waals surface area contributed by atoms with E-state index in [1.807, 2.05) is 50.4 Å². The third-order valence-corrected chi connectivity index (χ3v) is 5.89. The number of hydrogen-bond donors (Lipinski definition) is 0. The topological polar surface area (TPSA) is 54.8 Å². The number of ether oxygens (including phenoxy) is 1. The summed E-state index contributed by atoms with van der Waals surface area (Å²) in [5.41, 5.74) is 2.14. The summed E-state index contributed by atoms with van der Waals surface area (Å²) < 4.78 is 21.6. The minimum atomic E-state index is -0.596. The van der Waals surface area contributed by atoms with Gasteiger partial charge in [-0.1, -0.05) is 42.5 Å². The lowest BCUT2D eigenvalue weighted by atomic mass is 10.1. The first-order chi connectivity index (χ1) is 16.9. The Morgan fingerprint density at radius 2 is 1.71 bits per heavy atom. The number of benzene rings is 2. The van der Waals surface area contributed by atoms with Crippen LogP contribution in [0.2, 0.25) is 0 Å². The highest BCUT2D eigenvalue weighted by Crippen LogP contribution is 2.15. The Labute approximate surface area is 206 Å². The molecular weight excluding hydrogens is 445 g/mol. The molecule has 0 N–H and O–H groups in total. The quantitative estimate of drug-likeness (QED) is 0.357. The van der Waals surface area contributed by atoms with E-state index in [-0.39, 0.29) is 24.1 Å². The molecule has 7 heteroatoms. The third-order valence-electron chi connectivity index (χ3n) is 5.89. The van der Waals surface area contributed by atoms with Crippen molar-refractivity contribution in [2.24, 2.45) is 0 Å². The van der Waals surface area contributed by atoms with Crippen LogP contribution in [0.4, 0.5) is 4.39 Å². The first-order valence-corrected chi connectivity index (χ1v) is 11.9. The van der Waals surface area contributed by atoms with Gasteiger partial charge in [0.15, 0.2) is 0 Å². The van der Waals surface area contributed by atoms with E-state index in [1.54, 1.807) is 18.1 Å². The summed E-state index contributed by atoms with van der Waals surface area (Å²) in [7, 11) is 1.58. The average molecular weight is 480 g/mol. The van der Waals surface area contributed by atoms with Crippen molar-refractivity contribution >= 4 is 11.8 Å². The number of methoxy groups -OCH3 is 1. The number of amides is 2. The van der Waals surface area contributed by atoms with Gasteiger partial charge in [0.05, 0.1) is 12.1 Å². The zero-order valence-corrected chi connectivity index (χ0v) is 20.7. The second kappa shape index (κ2) is 12.9. The average Bonchev–Trinajstić information content (AvgIpc) is 3.28. The molecule has 0 saturated heterocycles. The van der Waals surface area contributed by atoms with Crippen molar-refractivity contribution in [1.29, 1.82) is 0 Å². The maximum absolute atomic E-state index is 14.3. The van der Waals surface area contributed by atoms with Gasteiger partial charge in [0.2, 0.25) is 5.91 Å². The highest BCUT2D eigenvalue weighted by molar-refractivity contribution is 5.96. The Kier molecular flexibility index (Phi) is 9.61. The molecule has 0 unspecified atom stereocenters. The molecule has 186 valence electrons. The number of nitrogens with zero attached hydrogens (tertiary/aromatic N) is 3. The van der Waals surface area contributed by atoms with E-state index in [1.165, 1.54) is 28.7 Å². The van der Waals surface area contributed by atoms with Crippen LogP contribution in [0.1, 0.15) is 41.9 Å². The molecule has 3 rings (SSSR count). The van der Waals surface area contributed by atoms with Gasteiger partial charge in [-0.3, -0.25) is 9.59 Å². The summed E-state index contributed by atoms with van der Waals surface area (Å²) in [5, 5.41) is 0. The van der Waals surface area contributed by atoms with Crippen molar-refractivity contribution in [3.8, 4) is 0 Å². The van der Waals surface area contributed by atoms with Crippen molar-refractivity contribution < 1.29 is 18.7 Å². The minimum absolute atomic E-state index is 0.0365. The predicted octanol–water partition coefficient (Wildman–Crippen LogP) is 4.59. The van der Waals surface area contributed by atoms with E-state index in [9.17, 15) is 14.0 Å². The summed E-state index contributed by atoms with van der Waals surface area (Å²) in [6.45, 7) is 5.63. The lowest BCUT2D eigenvalue weighted by molar-refractivity contribution is -0.134. The number of carbonyl (C=O) groups excluding carboxylic acids is 2. The molecule has 0 radical (unpaired) electrons. The van der Waals surface area contributed by atoms with Crippen LogP contribution in [0.3, 0.4) is 0 Å². The number of rotatable bonds is 12. The van der Waals surface area contributed by atoms with Gasteiger partial charge in [0.25, 0.3) is 5.91 Å². The Bertz CT molecular complexity index is 1100. The minimum Gasteiger partial charge on any atom is -0.385 e. The van der Waals surface area contributed by atoms with Crippen LogP contribution >= 0.6 is 0 Å². The van der Waals surface area contributed by atoms with Gasteiger partial charge in [-0.15, -0.1) is 0 Å². The Morgan fingerprint density at radius 1 is 1.00 bits per heavy atom. The van der Waals surface area contributed by atoms with Crippen LogP contribution in [0.15, 0.2) is 72.9 Å². The lowest BCUT2D eigenvalue weighted by Gasteiger charge is -2.31. The molecule has 0 bridgehead atoms. The summed E-state index contributed by atoms with van der Waals surface area (Å²) in [6, 6.07) is 19.9. The van der Waals surface area contributed by atoms with E-state index in [0.29, 0.717) is 32.7 Å². The summed E-state index contributed by atoms with van der Waals surface area (Å²) in [6.07, 6.45) is 2.55. The summed E-state index contributed by atoms with van der Waals surface area (Å²) in [4.78, 5) is 29.7. The van der Waals surface area contributed by atoms with Gasteiger partial charge in [-0.05, 0) is 50.1 Å². The molecule has 0 saturated carbocycles. The Hall–Kier alpha value is -3.45. The van der Waals surface area contributed by atoms with Crippen molar-refractivity contribution in [2.45, 2.75) is 39.4 Å². The molecule has 35 heavy (non-hydrogen) atoms. The van der Waals surface area contributed by atoms with Crippen LogP contribution in [-0.2, 0) is 22.6 Å². The van der Waals surface area contributed by atoms with Gasteiger partial charge < -0.3 is 19.1 Å². The number of carbonyl (C=O) groups is 2. The largest absolute Gasteiger partial charge is 0.385 e. The van der Waals surface area contributed by atoms with E-state index in [2.05, 4.69) is 16.7 Å². The van der Waals surface area contributed by atoms with Crippen molar-refractivity contribution in [1.82, 2.24) is 14.4 Å². The molecule has 1 heterocycles. The van der Waals surface area contributed by atoms with Gasteiger partial charge in [0.1, 0.15) is 12.4 Å². The maximum atomic E-state index is 14.3. The summed E-state index contributed by atoms with van der Waals surface area (Å²) in [5.74, 6) is -1.28. The highest BCUT2D eigenvalue weighted by Gasteiger charge is 2.25. The normalized spacial score (nSPS) is 11.0. The predicted molar refractivity (Wildman–Crippen MR) is 134 cm³/mol. The van der Waals surface area contributed by atoms with E-state index in [0.717, 1.165) is 5.69 Å². The molecule has 0 aliphatic carbocycles. The van der Waals surface area contributed by atoms with Crippen molar-refractivity contribution in [3.05, 3.63) is 95.6 Å². The van der Waals surface area contributed by atoms with Crippen LogP contribution < -0.4 is 0 Å². The first-order valence-electron chi connectivity index (χ1n) is 11.9. The third kappa shape index (κ3) is 7.26. The van der Waals surface area contributed by atoms with E-state index < -0.39 is 11.7 Å². The van der Waals surface area contributed by atoms with Crippen LogP contribution in [0, 0.1) is 5.82 Å². The smallest absolute Gasteiger partial charge is 0.257 e. The number of aromatic nitrogens is 1. The number of hydrogen-bond acceptors (Lipinski definition) is 3. The number of halogens is 1. The van der Waals surface area contributed by atoms with E-state index >= 15 is 0 Å². The zero-order valence-electron chi connectivity index (χ0n) is 20.7. The fraction of sp³-hybridized carbons (Fsp3) is 0.357. The second-order valence-electron chi connectivity index (χ2n) is 8.78. The molecule has 2 amide bonds. The molecule has 0 aliphatic rings. The highest BCUT2D eigenvalue weighted by atomic mass is 19.1. The fourth-order valence-electron chi connectivity index (χ4n) is 3.97.